The molecule has 1 N–H and O–H groups in total. The molecule has 3 heteroatoms. The number of thiazole rings is 1. The summed E-state index contributed by atoms with van der Waals surface area (Å²) >= 11 is 1.90. The van der Waals surface area contributed by atoms with Crippen LogP contribution in [0.25, 0.3) is 0 Å². The normalized spacial score (nSPS) is 22.2. The third kappa shape index (κ3) is 1.92. The Balaban J connectivity index is 1.59. The topological polar surface area (TPSA) is 24.9 Å². The maximum Gasteiger partial charge on any atom is 0.0959 e. The third-order valence-electron chi connectivity index (χ3n) is 2.64. The molecule has 1 aromatic heterocycles. The number of aromatic nitrogens is 1. The van der Waals surface area contributed by atoms with Crippen molar-refractivity contribution in [1.29, 1.82) is 0 Å². The van der Waals surface area contributed by atoms with Gasteiger partial charge in [-0.2, -0.15) is 0 Å². The van der Waals surface area contributed by atoms with E-state index < -0.39 is 0 Å². The first-order valence-electron chi connectivity index (χ1n) is 5.10. The van der Waals surface area contributed by atoms with Crippen LogP contribution in [0.5, 0.6) is 0 Å². The smallest absolute Gasteiger partial charge is 0.0959 e. The SMILES string of the molecule is c1nc(C2CC2)sc1CNC1CC1. The highest BCUT2D eigenvalue weighted by atomic mass is 32.1. The van der Waals surface area contributed by atoms with E-state index >= 15 is 0 Å². The van der Waals surface area contributed by atoms with Crippen LogP contribution in [0.2, 0.25) is 0 Å². The molecule has 0 unspecified atom stereocenters. The van der Waals surface area contributed by atoms with Crippen molar-refractivity contribution >= 4 is 11.3 Å². The Morgan fingerprint density at radius 2 is 2.23 bits per heavy atom. The van der Waals surface area contributed by atoms with Crippen molar-refractivity contribution in [1.82, 2.24) is 10.3 Å². The average Bonchev–Trinajstić information content (AvgIpc) is 3.03. The second kappa shape index (κ2) is 3.07. The number of nitrogens with one attached hydrogen (secondary N) is 1. The monoisotopic (exact) mass is 194 g/mol. The summed E-state index contributed by atoms with van der Waals surface area (Å²) in [6.45, 7) is 1.04. The summed E-state index contributed by atoms with van der Waals surface area (Å²) in [4.78, 5) is 5.87. The zero-order valence-electron chi connectivity index (χ0n) is 7.62. The first kappa shape index (κ1) is 7.94. The quantitative estimate of drug-likeness (QED) is 0.795. The van der Waals surface area contributed by atoms with Crippen LogP contribution in [-0.4, -0.2) is 11.0 Å². The van der Waals surface area contributed by atoms with E-state index in [9.17, 15) is 0 Å². The number of rotatable bonds is 4. The average molecular weight is 194 g/mol. The van der Waals surface area contributed by atoms with Gasteiger partial charge in [0.05, 0.1) is 5.01 Å². The predicted octanol–water partition coefficient (Wildman–Crippen LogP) is 2.27. The number of hydrogen-bond donors (Lipinski definition) is 1. The van der Waals surface area contributed by atoms with E-state index in [-0.39, 0.29) is 0 Å². The molecule has 0 atom stereocenters. The maximum atomic E-state index is 4.46. The van der Waals surface area contributed by atoms with Gasteiger partial charge in [-0.3, -0.25) is 0 Å². The fourth-order valence-corrected chi connectivity index (χ4v) is 2.49. The van der Waals surface area contributed by atoms with Gasteiger partial charge in [0, 0.05) is 29.6 Å². The van der Waals surface area contributed by atoms with Crippen LogP contribution in [0.15, 0.2) is 6.20 Å². The highest BCUT2D eigenvalue weighted by Gasteiger charge is 2.27. The molecule has 2 saturated carbocycles. The van der Waals surface area contributed by atoms with Gasteiger partial charge in [0.15, 0.2) is 0 Å². The van der Waals surface area contributed by atoms with Crippen molar-refractivity contribution in [2.24, 2.45) is 0 Å². The van der Waals surface area contributed by atoms with Gasteiger partial charge in [-0.15, -0.1) is 11.3 Å². The Morgan fingerprint density at radius 1 is 1.38 bits per heavy atom. The van der Waals surface area contributed by atoms with Gasteiger partial charge in [-0.25, -0.2) is 4.98 Å². The molecule has 2 nitrogen and oxygen atoms in total. The van der Waals surface area contributed by atoms with Gasteiger partial charge >= 0.3 is 0 Å². The molecule has 2 fully saturated rings. The Hall–Kier alpha value is -0.410. The van der Waals surface area contributed by atoms with Crippen molar-refractivity contribution < 1.29 is 0 Å². The molecule has 1 aromatic rings. The molecule has 2 aliphatic rings. The summed E-state index contributed by atoms with van der Waals surface area (Å²) in [5.74, 6) is 0.819. The van der Waals surface area contributed by atoms with Gasteiger partial charge in [-0.1, -0.05) is 0 Å². The minimum Gasteiger partial charge on any atom is -0.309 e. The van der Waals surface area contributed by atoms with E-state index in [1.165, 1.54) is 35.6 Å². The van der Waals surface area contributed by atoms with Crippen LogP contribution in [0, 0.1) is 0 Å². The first-order valence-corrected chi connectivity index (χ1v) is 5.91. The van der Waals surface area contributed by atoms with E-state index in [1.807, 2.05) is 17.5 Å². The molecule has 3 rings (SSSR count). The van der Waals surface area contributed by atoms with Crippen molar-refractivity contribution in [3.63, 3.8) is 0 Å². The minimum atomic E-state index is 0.812. The lowest BCUT2D eigenvalue weighted by Crippen LogP contribution is -2.14. The number of hydrogen-bond acceptors (Lipinski definition) is 3. The second-order valence-corrected chi connectivity index (χ2v) is 5.24. The first-order chi connectivity index (χ1) is 6.42. The molecule has 0 aromatic carbocycles. The van der Waals surface area contributed by atoms with Gasteiger partial charge in [0.2, 0.25) is 0 Å². The molecule has 0 radical (unpaired) electrons. The van der Waals surface area contributed by atoms with Gasteiger partial charge in [0.25, 0.3) is 0 Å². The number of nitrogens with zero attached hydrogens (tertiary/aromatic N) is 1. The molecule has 0 amide bonds. The van der Waals surface area contributed by atoms with Crippen molar-refractivity contribution in [2.45, 2.75) is 44.2 Å². The largest absolute Gasteiger partial charge is 0.309 e. The molecule has 1 heterocycles. The molecule has 0 saturated heterocycles. The lowest BCUT2D eigenvalue weighted by atomic mass is 10.4. The molecular weight excluding hydrogens is 180 g/mol. The highest BCUT2D eigenvalue weighted by Crippen LogP contribution is 2.41. The van der Waals surface area contributed by atoms with E-state index in [2.05, 4.69) is 10.3 Å². The van der Waals surface area contributed by atoms with E-state index in [1.54, 1.807) is 0 Å². The Labute approximate surface area is 82.4 Å². The van der Waals surface area contributed by atoms with Gasteiger partial charge in [0.1, 0.15) is 0 Å². The van der Waals surface area contributed by atoms with Gasteiger partial charge in [-0.05, 0) is 25.7 Å². The van der Waals surface area contributed by atoms with Crippen LogP contribution in [0.1, 0.15) is 41.5 Å². The van der Waals surface area contributed by atoms with E-state index in [4.69, 9.17) is 0 Å². The van der Waals surface area contributed by atoms with Crippen LogP contribution in [0.4, 0.5) is 0 Å². The summed E-state index contributed by atoms with van der Waals surface area (Å²) in [7, 11) is 0. The van der Waals surface area contributed by atoms with Crippen LogP contribution < -0.4 is 5.32 Å². The molecule has 13 heavy (non-hydrogen) atoms. The summed E-state index contributed by atoms with van der Waals surface area (Å²) in [5, 5.41) is 4.88. The highest BCUT2D eigenvalue weighted by molar-refractivity contribution is 7.11. The summed E-state index contributed by atoms with van der Waals surface area (Å²) in [6, 6.07) is 0.812. The van der Waals surface area contributed by atoms with Crippen molar-refractivity contribution in [3.8, 4) is 0 Å². The Kier molecular flexibility index (Phi) is 1.87. The maximum absolute atomic E-state index is 4.46. The lowest BCUT2D eigenvalue weighted by molar-refractivity contribution is 0.694. The second-order valence-electron chi connectivity index (χ2n) is 4.09. The zero-order valence-corrected chi connectivity index (χ0v) is 8.44. The molecule has 0 spiro atoms. The fourth-order valence-electron chi connectivity index (χ4n) is 1.46. The van der Waals surface area contributed by atoms with Crippen molar-refractivity contribution in [2.75, 3.05) is 0 Å². The zero-order chi connectivity index (χ0) is 8.67. The molecule has 0 aliphatic heterocycles. The Morgan fingerprint density at radius 3 is 2.92 bits per heavy atom. The standard InChI is InChI=1S/C10H14N2S/c1-2-7(1)10-12-6-9(13-10)5-11-8-3-4-8/h6-8,11H,1-5H2. The molecule has 2 aliphatic carbocycles. The Bertz CT molecular complexity index is 300. The minimum absolute atomic E-state index is 0.812. The summed E-state index contributed by atoms with van der Waals surface area (Å²) in [6.07, 6.45) is 7.52. The van der Waals surface area contributed by atoms with E-state index in [0.29, 0.717) is 0 Å². The summed E-state index contributed by atoms with van der Waals surface area (Å²) in [5.41, 5.74) is 0. The van der Waals surface area contributed by atoms with Gasteiger partial charge < -0.3 is 5.32 Å². The summed E-state index contributed by atoms with van der Waals surface area (Å²) < 4.78 is 0. The fraction of sp³-hybridized carbons (Fsp3) is 0.700. The molecular formula is C10H14N2S. The van der Waals surface area contributed by atoms with Crippen LogP contribution in [0.3, 0.4) is 0 Å². The third-order valence-corrected chi connectivity index (χ3v) is 3.80. The predicted molar refractivity (Wildman–Crippen MR) is 54.0 cm³/mol. The van der Waals surface area contributed by atoms with E-state index in [0.717, 1.165) is 18.5 Å². The molecule has 0 bridgehead atoms. The van der Waals surface area contributed by atoms with Crippen molar-refractivity contribution in [3.05, 3.63) is 16.1 Å². The van der Waals surface area contributed by atoms with Crippen LogP contribution in [-0.2, 0) is 6.54 Å². The van der Waals surface area contributed by atoms with Crippen LogP contribution >= 0.6 is 11.3 Å². The lowest BCUT2D eigenvalue weighted by Gasteiger charge is -1.96. The molecule has 70 valence electrons.